The van der Waals surface area contributed by atoms with E-state index in [1.54, 1.807) is 4.90 Å². The van der Waals surface area contributed by atoms with Crippen molar-refractivity contribution in [1.29, 1.82) is 0 Å². The van der Waals surface area contributed by atoms with E-state index < -0.39 is 5.97 Å². The molecule has 1 heterocycles. The molecule has 0 saturated carbocycles. The normalized spacial score (nSPS) is 24.3. The molecule has 1 aliphatic rings. The molecular weight excluding hydrogens is 232 g/mol. The van der Waals surface area contributed by atoms with Gasteiger partial charge in [-0.05, 0) is 24.8 Å². The van der Waals surface area contributed by atoms with Gasteiger partial charge in [0.25, 0.3) is 0 Å². The van der Waals surface area contributed by atoms with E-state index in [0.29, 0.717) is 18.4 Å². The molecule has 1 fully saturated rings. The first kappa shape index (κ1) is 15.0. The maximum atomic E-state index is 12.1. The van der Waals surface area contributed by atoms with E-state index in [0.717, 1.165) is 19.5 Å². The standard InChI is InChI=1S/C13H24N2O3/c1-4-14(9-13(17)18)8-12(16)15-6-10(2)5-11(3)7-15/h10-11H,4-9H2,1-3H3,(H,17,18). The Kier molecular flexibility index (Phi) is 5.59. The summed E-state index contributed by atoms with van der Waals surface area (Å²) in [6.45, 7) is 8.51. The van der Waals surface area contributed by atoms with Gasteiger partial charge in [-0.15, -0.1) is 0 Å². The molecular formula is C13H24N2O3. The highest BCUT2D eigenvalue weighted by Gasteiger charge is 2.26. The Morgan fingerprint density at radius 2 is 1.78 bits per heavy atom. The molecule has 5 nitrogen and oxygen atoms in total. The summed E-state index contributed by atoms with van der Waals surface area (Å²) in [5, 5.41) is 8.76. The number of carboxylic acid groups (broad SMARTS) is 1. The van der Waals surface area contributed by atoms with Gasteiger partial charge in [0.2, 0.25) is 5.91 Å². The number of carbonyl (C=O) groups is 2. The highest BCUT2D eigenvalue weighted by Crippen LogP contribution is 2.20. The Balaban J connectivity index is 2.50. The van der Waals surface area contributed by atoms with Gasteiger partial charge >= 0.3 is 5.97 Å². The lowest BCUT2D eigenvalue weighted by Crippen LogP contribution is -2.47. The summed E-state index contributed by atoms with van der Waals surface area (Å²) in [7, 11) is 0. The van der Waals surface area contributed by atoms with Gasteiger partial charge in [0.1, 0.15) is 0 Å². The van der Waals surface area contributed by atoms with Crippen molar-refractivity contribution in [1.82, 2.24) is 9.80 Å². The quantitative estimate of drug-likeness (QED) is 0.794. The number of likely N-dealkylation sites (N-methyl/N-ethyl adjacent to an activating group) is 1. The smallest absolute Gasteiger partial charge is 0.317 e. The molecule has 0 radical (unpaired) electrons. The van der Waals surface area contributed by atoms with E-state index >= 15 is 0 Å². The van der Waals surface area contributed by atoms with E-state index in [4.69, 9.17) is 5.11 Å². The van der Waals surface area contributed by atoms with Crippen molar-refractivity contribution in [2.24, 2.45) is 11.8 Å². The summed E-state index contributed by atoms with van der Waals surface area (Å²) >= 11 is 0. The highest BCUT2D eigenvalue weighted by molar-refractivity contribution is 5.79. The molecule has 0 aliphatic carbocycles. The van der Waals surface area contributed by atoms with Gasteiger partial charge < -0.3 is 10.0 Å². The van der Waals surface area contributed by atoms with E-state index in [1.165, 1.54) is 0 Å². The van der Waals surface area contributed by atoms with E-state index in [1.807, 2.05) is 11.8 Å². The van der Waals surface area contributed by atoms with Crippen LogP contribution in [0.25, 0.3) is 0 Å². The van der Waals surface area contributed by atoms with Crippen molar-refractivity contribution in [3.05, 3.63) is 0 Å². The number of aliphatic carboxylic acids is 1. The fourth-order valence-corrected chi connectivity index (χ4v) is 2.63. The summed E-state index contributed by atoms with van der Waals surface area (Å²) in [5.41, 5.74) is 0. The number of hydrogen-bond donors (Lipinski definition) is 1. The first-order valence-electron chi connectivity index (χ1n) is 6.64. The van der Waals surface area contributed by atoms with Crippen LogP contribution in [-0.4, -0.2) is 59.5 Å². The van der Waals surface area contributed by atoms with Crippen LogP contribution < -0.4 is 0 Å². The van der Waals surface area contributed by atoms with E-state index in [2.05, 4.69) is 13.8 Å². The van der Waals surface area contributed by atoms with Gasteiger partial charge in [-0.2, -0.15) is 0 Å². The maximum absolute atomic E-state index is 12.1. The zero-order valence-electron chi connectivity index (χ0n) is 11.6. The fraction of sp³-hybridized carbons (Fsp3) is 0.846. The van der Waals surface area contributed by atoms with Crippen molar-refractivity contribution >= 4 is 11.9 Å². The number of rotatable bonds is 5. The van der Waals surface area contributed by atoms with Crippen molar-refractivity contribution in [2.45, 2.75) is 27.2 Å². The third kappa shape index (κ3) is 4.64. The third-order valence-electron chi connectivity index (χ3n) is 3.39. The molecule has 5 heteroatoms. The number of likely N-dealkylation sites (tertiary alicyclic amines) is 1. The minimum Gasteiger partial charge on any atom is -0.480 e. The molecule has 104 valence electrons. The van der Waals surface area contributed by atoms with Crippen LogP contribution in [0.4, 0.5) is 0 Å². The Labute approximate surface area is 109 Å². The largest absolute Gasteiger partial charge is 0.480 e. The highest BCUT2D eigenvalue weighted by atomic mass is 16.4. The van der Waals surface area contributed by atoms with Crippen LogP contribution >= 0.6 is 0 Å². The van der Waals surface area contributed by atoms with Crippen LogP contribution in [0, 0.1) is 11.8 Å². The molecule has 2 atom stereocenters. The predicted molar refractivity (Wildman–Crippen MR) is 69.3 cm³/mol. The lowest BCUT2D eigenvalue weighted by molar-refractivity contribution is -0.140. The molecule has 1 rings (SSSR count). The van der Waals surface area contributed by atoms with E-state index in [-0.39, 0.29) is 19.0 Å². The topological polar surface area (TPSA) is 60.9 Å². The number of nitrogens with zero attached hydrogens (tertiary/aromatic N) is 2. The minimum atomic E-state index is -0.884. The van der Waals surface area contributed by atoms with E-state index in [9.17, 15) is 9.59 Å². The van der Waals surface area contributed by atoms with Gasteiger partial charge in [-0.1, -0.05) is 20.8 Å². The lowest BCUT2D eigenvalue weighted by Gasteiger charge is -2.36. The molecule has 2 unspecified atom stereocenters. The van der Waals surface area contributed by atoms with Gasteiger partial charge in [-0.25, -0.2) is 0 Å². The number of amides is 1. The second-order valence-corrected chi connectivity index (χ2v) is 5.44. The molecule has 1 N–H and O–H groups in total. The van der Waals surface area contributed by atoms with Gasteiger partial charge in [0.05, 0.1) is 13.1 Å². The molecule has 1 saturated heterocycles. The number of carboxylic acids is 1. The Bertz CT molecular complexity index is 297. The van der Waals surface area contributed by atoms with Gasteiger partial charge in [0.15, 0.2) is 0 Å². The van der Waals surface area contributed by atoms with Gasteiger partial charge in [0, 0.05) is 13.1 Å². The van der Waals surface area contributed by atoms with Crippen LogP contribution in [0.1, 0.15) is 27.2 Å². The molecule has 0 aromatic rings. The van der Waals surface area contributed by atoms with Gasteiger partial charge in [-0.3, -0.25) is 14.5 Å². The summed E-state index contributed by atoms with van der Waals surface area (Å²) in [5.74, 6) is 0.237. The maximum Gasteiger partial charge on any atom is 0.317 e. The monoisotopic (exact) mass is 256 g/mol. The van der Waals surface area contributed by atoms with Crippen molar-refractivity contribution in [3.8, 4) is 0 Å². The Morgan fingerprint density at radius 1 is 1.22 bits per heavy atom. The fourth-order valence-electron chi connectivity index (χ4n) is 2.63. The Hall–Kier alpha value is -1.10. The number of carbonyl (C=O) groups excluding carboxylic acids is 1. The van der Waals surface area contributed by atoms with Crippen molar-refractivity contribution in [3.63, 3.8) is 0 Å². The molecule has 0 spiro atoms. The number of hydrogen-bond acceptors (Lipinski definition) is 3. The molecule has 0 aromatic carbocycles. The number of piperidine rings is 1. The zero-order chi connectivity index (χ0) is 13.7. The van der Waals surface area contributed by atoms with Crippen LogP contribution in [0.2, 0.25) is 0 Å². The van der Waals surface area contributed by atoms with Crippen LogP contribution in [-0.2, 0) is 9.59 Å². The summed E-state index contributed by atoms with van der Waals surface area (Å²) in [6.07, 6.45) is 1.16. The summed E-state index contributed by atoms with van der Waals surface area (Å²) < 4.78 is 0. The second kappa shape index (κ2) is 6.73. The molecule has 0 aromatic heterocycles. The minimum absolute atomic E-state index is 0.0523. The van der Waals surface area contributed by atoms with Crippen LogP contribution in [0.15, 0.2) is 0 Å². The van der Waals surface area contributed by atoms with Crippen LogP contribution in [0.3, 0.4) is 0 Å². The van der Waals surface area contributed by atoms with Crippen molar-refractivity contribution in [2.75, 3.05) is 32.7 Å². The second-order valence-electron chi connectivity index (χ2n) is 5.44. The van der Waals surface area contributed by atoms with Crippen molar-refractivity contribution < 1.29 is 14.7 Å². The molecule has 1 aliphatic heterocycles. The molecule has 0 bridgehead atoms. The molecule has 18 heavy (non-hydrogen) atoms. The zero-order valence-corrected chi connectivity index (χ0v) is 11.6. The average molecular weight is 256 g/mol. The first-order valence-corrected chi connectivity index (χ1v) is 6.64. The predicted octanol–water partition coefficient (Wildman–Crippen LogP) is 0.897. The summed E-state index contributed by atoms with van der Waals surface area (Å²) in [4.78, 5) is 26.3. The first-order chi connectivity index (χ1) is 8.42. The van der Waals surface area contributed by atoms with Crippen LogP contribution in [0.5, 0.6) is 0 Å². The molecule has 1 amide bonds. The summed E-state index contributed by atoms with van der Waals surface area (Å²) in [6, 6.07) is 0. The third-order valence-corrected chi connectivity index (χ3v) is 3.39. The average Bonchev–Trinajstić information content (AvgIpc) is 2.26. The lowest BCUT2D eigenvalue weighted by atomic mass is 9.92. The SMILES string of the molecule is CCN(CC(=O)O)CC(=O)N1CC(C)CC(C)C1. The Morgan fingerprint density at radius 3 is 2.22 bits per heavy atom.